The van der Waals surface area contributed by atoms with Crippen LogP contribution in [0.15, 0.2) is 36.9 Å². The van der Waals surface area contributed by atoms with Gasteiger partial charge in [-0.3, -0.25) is 10.1 Å². The standard InChI is InChI=1S/C14H16N2O3/c1-3-8-19-9-14(12(17)15-13(18)16-14)11-6-4-10(2)5-7-11/h3-7H,1,8-9H2,2H3,(H2,15,16,17,18). The zero-order valence-corrected chi connectivity index (χ0v) is 10.7. The normalized spacial score (nSPS) is 21.9. The second kappa shape index (κ2) is 5.24. The Morgan fingerprint density at radius 1 is 1.32 bits per heavy atom. The van der Waals surface area contributed by atoms with Crippen molar-refractivity contribution in [3.05, 3.63) is 48.0 Å². The topological polar surface area (TPSA) is 67.4 Å². The van der Waals surface area contributed by atoms with E-state index in [9.17, 15) is 9.59 Å². The highest BCUT2D eigenvalue weighted by molar-refractivity contribution is 6.07. The van der Waals surface area contributed by atoms with Gasteiger partial charge in [-0.25, -0.2) is 4.79 Å². The highest BCUT2D eigenvalue weighted by atomic mass is 16.5. The molecule has 0 aromatic heterocycles. The van der Waals surface area contributed by atoms with E-state index in [-0.39, 0.29) is 6.61 Å². The summed E-state index contributed by atoms with van der Waals surface area (Å²) in [6.07, 6.45) is 1.59. The Morgan fingerprint density at radius 2 is 2.00 bits per heavy atom. The number of aryl methyl sites for hydroxylation is 1. The van der Waals surface area contributed by atoms with Crippen LogP contribution in [0.1, 0.15) is 11.1 Å². The first-order valence-corrected chi connectivity index (χ1v) is 5.98. The summed E-state index contributed by atoms with van der Waals surface area (Å²) in [6.45, 7) is 5.89. The lowest BCUT2D eigenvalue weighted by Crippen LogP contribution is -2.48. The Labute approximate surface area is 111 Å². The maximum absolute atomic E-state index is 12.1. The van der Waals surface area contributed by atoms with E-state index < -0.39 is 17.5 Å². The number of rotatable bonds is 5. The van der Waals surface area contributed by atoms with E-state index in [2.05, 4.69) is 17.2 Å². The zero-order chi connectivity index (χ0) is 13.9. The summed E-state index contributed by atoms with van der Waals surface area (Å²) >= 11 is 0. The van der Waals surface area contributed by atoms with Gasteiger partial charge in [0.25, 0.3) is 5.91 Å². The van der Waals surface area contributed by atoms with E-state index in [0.717, 1.165) is 5.56 Å². The average molecular weight is 260 g/mol. The minimum Gasteiger partial charge on any atom is -0.374 e. The molecule has 2 N–H and O–H groups in total. The summed E-state index contributed by atoms with van der Waals surface area (Å²) in [5, 5.41) is 4.91. The molecule has 0 saturated carbocycles. The lowest BCUT2D eigenvalue weighted by Gasteiger charge is -2.26. The number of nitrogens with one attached hydrogen (secondary N) is 2. The predicted molar refractivity (Wildman–Crippen MR) is 70.5 cm³/mol. The van der Waals surface area contributed by atoms with Crippen LogP contribution in [0.2, 0.25) is 0 Å². The molecule has 1 aromatic rings. The number of urea groups is 1. The number of carbonyl (C=O) groups is 2. The molecule has 1 aromatic carbocycles. The second-order valence-corrected chi connectivity index (χ2v) is 4.48. The van der Waals surface area contributed by atoms with Crippen LogP contribution in [0.5, 0.6) is 0 Å². The highest BCUT2D eigenvalue weighted by Crippen LogP contribution is 2.25. The van der Waals surface area contributed by atoms with Crippen LogP contribution in [0.25, 0.3) is 0 Å². The van der Waals surface area contributed by atoms with Gasteiger partial charge in [-0.1, -0.05) is 35.9 Å². The summed E-state index contributed by atoms with van der Waals surface area (Å²) in [7, 11) is 0. The van der Waals surface area contributed by atoms with Gasteiger partial charge in [-0.2, -0.15) is 0 Å². The third-order valence-electron chi connectivity index (χ3n) is 3.04. The molecular formula is C14H16N2O3. The van der Waals surface area contributed by atoms with Crippen LogP contribution in [0, 0.1) is 6.92 Å². The third kappa shape index (κ3) is 2.51. The maximum Gasteiger partial charge on any atom is 0.322 e. The van der Waals surface area contributed by atoms with Gasteiger partial charge in [0.2, 0.25) is 0 Å². The molecule has 0 radical (unpaired) electrons. The van der Waals surface area contributed by atoms with E-state index in [1.807, 2.05) is 31.2 Å². The van der Waals surface area contributed by atoms with Crippen molar-refractivity contribution in [2.45, 2.75) is 12.5 Å². The first-order valence-electron chi connectivity index (χ1n) is 5.98. The lowest BCUT2D eigenvalue weighted by atomic mass is 9.90. The van der Waals surface area contributed by atoms with Crippen LogP contribution in [0.3, 0.4) is 0 Å². The SMILES string of the molecule is C=CCOCC1(c2ccc(C)cc2)NC(=O)NC1=O. The van der Waals surface area contributed by atoms with E-state index >= 15 is 0 Å². The number of carbonyl (C=O) groups excluding carboxylic acids is 2. The number of benzene rings is 1. The van der Waals surface area contributed by atoms with Crippen molar-refractivity contribution < 1.29 is 14.3 Å². The zero-order valence-electron chi connectivity index (χ0n) is 10.7. The summed E-state index contributed by atoms with van der Waals surface area (Å²) in [4.78, 5) is 23.5. The number of ether oxygens (including phenoxy) is 1. The minimum atomic E-state index is -1.16. The van der Waals surface area contributed by atoms with E-state index in [4.69, 9.17) is 4.74 Å². The molecule has 19 heavy (non-hydrogen) atoms. The highest BCUT2D eigenvalue weighted by Gasteiger charge is 2.47. The molecule has 1 atom stereocenters. The van der Waals surface area contributed by atoms with Crippen LogP contribution < -0.4 is 10.6 Å². The summed E-state index contributed by atoms with van der Waals surface area (Å²) in [5.74, 6) is -0.398. The molecule has 1 unspecified atom stereocenters. The van der Waals surface area contributed by atoms with E-state index in [1.165, 1.54) is 0 Å². The van der Waals surface area contributed by atoms with Crippen molar-refractivity contribution in [3.63, 3.8) is 0 Å². The van der Waals surface area contributed by atoms with Gasteiger partial charge in [0.15, 0.2) is 5.54 Å². The van der Waals surface area contributed by atoms with Gasteiger partial charge in [0, 0.05) is 0 Å². The van der Waals surface area contributed by atoms with E-state index in [0.29, 0.717) is 12.2 Å². The molecule has 0 aliphatic carbocycles. The first-order chi connectivity index (χ1) is 9.08. The molecule has 0 bridgehead atoms. The summed E-state index contributed by atoms with van der Waals surface area (Å²) < 4.78 is 5.38. The molecule has 1 heterocycles. The molecule has 0 spiro atoms. The van der Waals surface area contributed by atoms with Crippen LogP contribution in [0.4, 0.5) is 4.79 Å². The largest absolute Gasteiger partial charge is 0.374 e. The van der Waals surface area contributed by atoms with Crippen molar-refractivity contribution in [1.82, 2.24) is 10.6 Å². The number of hydrogen-bond donors (Lipinski definition) is 2. The Morgan fingerprint density at radius 3 is 2.53 bits per heavy atom. The van der Waals surface area contributed by atoms with Gasteiger partial charge < -0.3 is 10.1 Å². The Bertz CT molecular complexity index is 510. The minimum absolute atomic E-state index is 0.0691. The molecule has 1 aliphatic heterocycles. The van der Waals surface area contributed by atoms with Crippen LogP contribution >= 0.6 is 0 Å². The Hall–Kier alpha value is -2.14. The molecule has 1 fully saturated rings. The van der Waals surface area contributed by atoms with Crippen molar-refractivity contribution in [3.8, 4) is 0 Å². The van der Waals surface area contributed by atoms with Crippen LogP contribution in [-0.2, 0) is 15.1 Å². The predicted octanol–water partition coefficient (Wildman–Crippen LogP) is 1.23. The molecule has 2 rings (SSSR count). The molecule has 1 aliphatic rings. The Balaban J connectivity index is 2.33. The smallest absolute Gasteiger partial charge is 0.322 e. The Kier molecular flexibility index (Phi) is 3.66. The fraction of sp³-hybridized carbons (Fsp3) is 0.286. The van der Waals surface area contributed by atoms with Crippen molar-refractivity contribution in [2.75, 3.05) is 13.2 Å². The maximum atomic E-state index is 12.1. The average Bonchev–Trinajstić information content (AvgIpc) is 2.66. The monoisotopic (exact) mass is 260 g/mol. The molecule has 3 amide bonds. The fourth-order valence-electron chi connectivity index (χ4n) is 2.01. The van der Waals surface area contributed by atoms with Gasteiger partial charge in [0.05, 0.1) is 13.2 Å². The molecule has 1 saturated heterocycles. The van der Waals surface area contributed by atoms with Crippen molar-refractivity contribution in [1.29, 1.82) is 0 Å². The third-order valence-corrected chi connectivity index (χ3v) is 3.04. The number of imide groups is 1. The number of hydrogen-bond acceptors (Lipinski definition) is 3. The molecule has 5 heteroatoms. The van der Waals surface area contributed by atoms with Crippen molar-refractivity contribution in [2.24, 2.45) is 0 Å². The lowest BCUT2D eigenvalue weighted by molar-refractivity contribution is -0.126. The van der Waals surface area contributed by atoms with Crippen LogP contribution in [-0.4, -0.2) is 25.2 Å². The second-order valence-electron chi connectivity index (χ2n) is 4.48. The number of amides is 3. The van der Waals surface area contributed by atoms with Gasteiger partial charge >= 0.3 is 6.03 Å². The van der Waals surface area contributed by atoms with E-state index in [1.54, 1.807) is 6.08 Å². The molecule has 5 nitrogen and oxygen atoms in total. The van der Waals surface area contributed by atoms with Gasteiger partial charge in [-0.05, 0) is 12.5 Å². The molecular weight excluding hydrogens is 244 g/mol. The quantitative estimate of drug-likeness (QED) is 0.475. The van der Waals surface area contributed by atoms with Gasteiger partial charge in [-0.15, -0.1) is 6.58 Å². The fourth-order valence-corrected chi connectivity index (χ4v) is 2.01. The van der Waals surface area contributed by atoms with Gasteiger partial charge in [0.1, 0.15) is 0 Å². The van der Waals surface area contributed by atoms with Crippen molar-refractivity contribution >= 4 is 11.9 Å². The summed E-state index contributed by atoms with van der Waals surface area (Å²) in [6, 6.07) is 6.91. The summed E-state index contributed by atoms with van der Waals surface area (Å²) in [5.41, 5.74) is 0.620. The molecule has 100 valence electrons. The first kappa shape index (κ1) is 13.3.